The molecule has 0 unspecified atom stereocenters. The molecule has 0 heterocycles. The minimum Gasteiger partial charge on any atom is -0.496 e. The number of carbonyl (C=O) groups excluding carboxylic acids is 1. The Morgan fingerprint density at radius 3 is 2.89 bits per heavy atom. The average molecular weight is 262 g/mol. The summed E-state index contributed by atoms with van der Waals surface area (Å²) in [5, 5.41) is 10.8. The lowest BCUT2D eigenvalue weighted by molar-refractivity contribution is 0.139. The van der Waals surface area contributed by atoms with Gasteiger partial charge in [-0.05, 0) is 24.1 Å². The molecular weight excluding hydrogens is 244 g/mol. The molecule has 5 nitrogen and oxygen atoms in total. The molecule has 0 bridgehead atoms. The number of methoxy groups -OCH3 is 1. The minimum absolute atomic E-state index is 0.148. The standard InChI is InChI=1S/C14H18N2O3/c1-3-11-5-6-13(18-2)12(9-11)10-19-14(17)16-8-4-7-15/h5-6,9H,3-4,8,10H2,1-2H3,(H,16,17). The van der Waals surface area contributed by atoms with Crippen LogP contribution in [0.3, 0.4) is 0 Å². The van der Waals surface area contributed by atoms with E-state index >= 15 is 0 Å². The first-order valence-electron chi connectivity index (χ1n) is 6.14. The summed E-state index contributed by atoms with van der Waals surface area (Å²) in [5.41, 5.74) is 1.99. The van der Waals surface area contributed by atoms with Crippen molar-refractivity contribution in [1.82, 2.24) is 5.32 Å². The van der Waals surface area contributed by atoms with Gasteiger partial charge in [0, 0.05) is 12.1 Å². The fourth-order valence-electron chi connectivity index (χ4n) is 1.58. The van der Waals surface area contributed by atoms with Gasteiger partial charge < -0.3 is 14.8 Å². The molecule has 0 aromatic heterocycles. The maximum Gasteiger partial charge on any atom is 0.407 e. The molecule has 1 rings (SSSR count). The molecule has 1 N–H and O–H groups in total. The van der Waals surface area contributed by atoms with Crippen LogP contribution < -0.4 is 10.1 Å². The van der Waals surface area contributed by atoms with Crippen LogP contribution in [-0.4, -0.2) is 19.7 Å². The zero-order chi connectivity index (χ0) is 14.1. The zero-order valence-electron chi connectivity index (χ0n) is 11.2. The molecule has 0 aliphatic heterocycles. The van der Waals surface area contributed by atoms with E-state index in [0.29, 0.717) is 12.3 Å². The molecule has 0 spiro atoms. The molecule has 0 atom stereocenters. The second-order valence-electron chi connectivity index (χ2n) is 3.91. The molecular formula is C14H18N2O3. The number of nitriles is 1. The number of hydrogen-bond donors (Lipinski definition) is 1. The Labute approximate surface area is 113 Å². The summed E-state index contributed by atoms with van der Waals surface area (Å²) < 4.78 is 10.3. The minimum atomic E-state index is -0.529. The van der Waals surface area contributed by atoms with Gasteiger partial charge >= 0.3 is 6.09 Å². The van der Waals surface area contributed by atoms with Crippen molar-refractivity contribution in [2.75, 3.05) is 13.7 Å². The van der Waals surface area contributed by atoms with E-state index in [1.54, 1.807) is 7.11 Å². The summed E-state index contributed by atoms with van der Waals surface area (Å²) in [6.07, 6.45) is 0.647. The number of ether oxygens (including phenoxy) is 2. The van der Waals surface area contributed by atoms with Crippen LogP contribution in [0.25, 0.3) is 0 Å². The molecule has 0 aliphatic rings. The molecule has 0 fully saturated rings. The Morgan fingerprint density at radius 2 is 2.26 bits per heavy atom. The van der Waals surface area contributed by atoms with Crippen LogP contribution in [0.15, 0.2) is 18.2 Å². The van der Waals surface area contributed by atoms with Crippen LogP contribution in [-0.2, 0) is 17.8 Å². The van der Waals surface area contributed by atoms with Crippen molar-refractivity contribution < 1.29 is 14.3 Å². The van der Waals surface area contributed by atoms with Gasteiger partial charge in [0.05, 0.1) is 19.6 Å². The molecule has 19 heavy (non-hydrogen) atoms. The van der Waals surface area contributed by atoms with E-state index in [9.17, 15) is 4.79 Å². The molecule has 102 valence electrons. The predicted octanol–water partition coefficient (Wildman–Crippen LogP) is 2.40. The van der Waals surface area contributed by atoms with Crippen molar-refractivity contribution in [1.29, 1.82) is 5.26 Å². The van der Waals surface area contributed by atoms with Gasteiger partial charge in [0.25, 0.3) is 0 Å². The van der Waals surface area contributed by atoms with Gasteiger partial charge in [0.1, 0.15) is 12.4 Å². The second kappa shape index (κ2) is 7.98. The Hall–Kier alpha value is -2.22. The van der Waals surface area contributed by atoms with E-state index in [-0.39, 0.29) is 13.0 Å². The number of hydrogen-bond acceptors (Lipinski definition) is 4. The number of rotatable bonds is 6. The number of benzene rings is 1. The van der Waals surface area contributed by atoms with Gasteiger partial charge in [0.2, 0.25) is 0 Å². The van der Waals surface area contributed by atoms with Crippen molar-refractivity contribution >= 4 is 6.09 Å². The fourth-order valence-corrected chi connectivity index (χ4v) is 1.58. The van der Waals surface area contributed by atoms with E-state index < -0.39 is 6.09 Å². The smallest absolute Gasteiger partial charge is 0.407 e. The topological polar surface area (TPSA) is 71.3 Å². The SMILES string of the molecule is CCc1ccc(OC)c(COC(=O)NCCC#N)c1. The summed E-state index contributed by atoms with van der Waals surface area (Å²) in [5.74, 6) is 0.696. The molecule has 0 aliphatic carbocycles. The van der Waals surface area contributed by atoms with Gasteiger partial charge in [-0.2, -0.15) is 5.26 Å². The number of nitrogens with one attached hydrogen (secondary N) is 1. The molecule has 5 heteroatoms. The lowest BCUT2D eigenvalue weighted by Crippen LogP contribution is -2.25. The van der Waals surface area contributed by atoms with Crippen molar-refractivity contribution in [3.8, 4) is 11.8 Å². The molecule has 1 amide bonds. The molecule has 0 saturated carbocycles. The first-order chi connectivity index (χ1) is 9.21. The maximum absolute atomic E-state index is 11.4. The molecule has 0 saturated heterocycles. The normalized spacial score (nSPS) is 9.53. The van der Waals surface area contributed by atoms with Crippen LogP contribution >= 0.6 is 0 Å². The number of carbonyl (C=O) groups is 1. The fraction of sp³-hybridized carbons (Fsp3) is 0.429. The highest BCUT2D eigenvalue weighted by molar-refractivity contribution is 5.67. The van der Waals surface area contributed by atoms with Gasteiger partial charge in [0.15, 0.2) is 0 Å². The van der Waals surface area contributed by atoms with Crippen LogP contribution in [0.4, 0.5) is 4.79 Å². The summed E-state index contributed by atoms with van der Waals surface area (Å²) in [6, 6.07) is 7.75. The van der Waals surface area contributed by atoms with Crippen molar-refractivity contribution in [3.63, 3.8) is 0 Å². The predicted molar refractivity (Wildman–Crippen MR) is 70.8 cm³/mol. The highest BCUT2D eigenvalue weighted by Gasteiger charge is 2.07. The average Bonchev–Trinajstić information content (AvgIpc) is 2.45. The van der Waals surface area contributed by atoms with Crippen molar-refractivity contribution in [2.24, 2.45) is 0 Å². The van der Waals surface area contributed by atoms with Crippen molar-refractivity contribution in [3.05, 3.63) is 29.3 Å². The summed E-state index contributed by atoms with van der Waals surface area (Å²) in [7, 11) is 1.58. The largest absolute Gasteiger partial charge is 0.496 e. The quantitative estimate of drug-likeness (QED) is 0.799. The van der Waals surface area contributed by atoms with Gasteiger partial charge in [-0.3, -0.25) is 0 Å². The van der Waals surface area contributed by atoms with E-state index in [2.05, 4.69) is 12.2 Å². The Morgan fingerprint density at radius 1 is 1.47 bits per heavy atom. The lowest BCUT2D eigenvalue weighted by Gasteiger charge is -2.11. The number of aryl methyl sites for hydroxylation is 1. The van der Waals surface area contributed by atoms with Crippen LogP contribution in [0.1, 0.15) is 24.5 Å². The van der Waals surface area contributed by atoms with E-state index in [1.165, 1.54) is 0 Å². The number of alkyl carbamates (subject to hydrolysis) is 1. The van der Waals surface area contributed by atoms with E-state index in [0.717, 1.165) is 17.5 Å². The maximum atomic E-state index is 11.4. The van der Waals surface area contributed by atoms with E-state index in [1.807, 2.05) is 24.3 Å². The Balaban J connectivity index is 2.56. The Kier molecular flexibility index (Phi) is 6.23. The third-order valence-corrected chi connectivity index (χ3v) is 2.62. The monoisotopic (exact) mass is 262 g/mol. The third kappa shape index (κ3) is 4.88. The van der Waals surface area contributed by atoms with Gasteiger partial charge in [-0.1, -0.05) is 13.0 Å². The first-order valence-corrected chi connectivity index (χ1v) is 6.14. The molecule has 0 radical (unpaired) electrons. The third-order valence-electron chi connectivity index (χ3n) is 2.62. The summed E-state index contributed by atoms with van der Waals surface area (Å²) in [6.45, 7) is 2.50. The highest BCUT2D eigenvalue weighted by Crippen LogP contribution is 2.21. The van der Waals surface area contributed by atoms with Gasteiger partial charge in [-0.25, -0.2) is 4.79 Å². The summed E-state index contributed by atoms with van der Waals surface area (Å²) >= 11 is 0. The molecule has 1 aromatic carbocycles. The first kappa shape index (κ1) is 14.8. The van der Waals surface area contributed by atoms with Crippen LogP contribution in [0.2, 0.25) is 0 Å². The number of amides is 1. The lowest BCUT2D eigenvalue weighted by atomic mass is 10.1. The highest BCUT2D eigenvalue weighted by atomic mass is 16.5. The zero-order valence-corrected chi connectivity index (χ0v) is 11.2. The molecule has 1 aromatic rings. The van der Waals surface area contributed by atoms with E-state index in [4.69, 9.17) is 14.7 Å². The van der Waals surface area contributed by atoms with Crippen LogP contribution in [0.5, 0.6) is 5.75 Å². The second-order valence-corrected chi connectivity index (χ2v) is 3.91. The van der Waals surface area contributed by atoms with Crippen molar-refractivity contribution in [2.45, 2.75) is 26.4 Å². The van der Waals surface area contributed by atoms with Crippen LogP contribution in [0, 0.1) is 11.3 Å². The Bertz CT molecular complexity index is 466. The van der Waals surface area contributed by atoms with Gasteiger partial charge in [-0.15, -0.1) is 0 Å². The summed E-state index contributed by atoms with van der Waals surface area (Å²) in [4.78, 5) is 11.4. The number of nitrogens with zero attached hydrogens (tertiary/aromatic N) is 1.